The van der Waals surface area contributed by atoms with Crippen LogP contribution in [-0.4, -0.2) is 0 Å². The van der Waals surface area contributed by atoms with E-state index in [2.05, 4.69) is 118 Å². The van der Waals surface area contributed by atoms with E-state index in [-0.39, 0.29) is 11.8 Å². The Hall–Kier alpha value is -3.52. The van der Waals surface area contributed by atoms with Crippen molar-refractivity contribution in [2.45, 2.75) is 46.5 Å². The summed E-state index contributed by atoms with van der Waals surface area (Å²) in [5.74, 6) is 0.515. The average Bonchev–Trinajstić information content (AvgIpc) is 2.82. The van der Waals surface area contributed by atoms with Crippen LogP contribution < -0.4 is 10.9 Å². The van der Waals surface area contributed by atoms with Crippen LogP contribution in [0.5, 0.6) is 0 Å². The molecule has 4 aromatic rings. The Morgan fingerprint density at radius 2 is 1.03 bits per heavy atom. The minimum absolute atomic E-state index is 0.258. The summed E-state index contributed by atoms with van der Waals surface area (Å²) in [5, 5.41) is 0. The van der Waals surface area contributed by atoms with Gasteiger partial charge in [0.2, 0.25) is 0 Å². The molecule has 4 rings (SSSR count). The third-order valence-electron chi connectivity index (χ3n) is 6.47. The zero-order valence-electron chi connectivity index (χ0n) is 20.3. The van der Waals surface area contributed by atoms with Crippen LogP contribution in [0.15, 0.2) is 91.0 Å². The van der Waals surface area contributed by atoms with Crippen LogP contribution in [0, 0.1) is 20.8 Å². The maximum absolute atomic E-state index is 3.61. The molecule has 0 spiro atoms. The SMILES string of the molecule is Cc1cccc([C@@H](C)c2cc(C)cc([C@H](C)c3cccc(C)c3)c2NNc2ccccc2)c1. The second-order valence-electron chi connectivity index (χ2n) is 9.21. The Morgan fingerprint density at radius 1 is 0.515 bits per heavy atom. The third kappa shape index (κ3) is 5.28. The van der Waals surface area contributed by atoms with Crippen LogP contribution in [0.3, 0.4) is 0 Å². The summed E-state index contributed by atoms with van der Waals surface area (Å²) in [5.41, 5.74) is 18.4. The first-order chi connectivity index (χ1) is 15.9. The molecule has 0 heterocycles. The van der Waals surface area contributed by atoms with Crippen LogP contribution in [0.1, 0.15) is 64.6 Å². The lowest BCUT2D eigenvalue weighted by Crippen LogP contribution is -2.16. The van der Waals surface area contributed by atoms with E-state index < -0.39 is 0 Å². The first-order valence-corrected chi connectivity index (χ1v) is 11.8. The van der Waals surface area contributed by atoms with E-state index in [1.807, 2.05) is 18.2 Å². The number of nitrogens with one attached hydrogen (secondary N) is 2. The Morgan fingerprint density at radius 3 is 1.52 bits per heavy atom. The molecular formula is C31H34N2. The normalized spacial score (nSPS) is 12.8. The lowest BCUT2D eigenvalue weighted by molar-refractivity contribution is 0.883. The summed E-state index contributed by atoms with van der Waals surface area (Å²) in [4.78, 5) is 0. The highest BCUT2D eigenvalue weighted by atomic mass is 15.4. The second kappa shape index (κ2) is 9.95. The van der Waals surface area contributed by atoms with Gasteiger partial charge < -0.3 is 10.9 Å². The van der Waals surface area contributed by atoms with E-state index in [1.54, 1.807) is 0 Å². The molecular weight excluding hydrogens is 400 g/mol. The molecule has 0 saturated carbocycles. The van der Waals surface area contributed by atoms with E-state index in [4.69, 9.17) is 0 Å². The molecule has 0 aliphatic carbocycles. The predicted molar refractivity (Wildman–Crippen MR) is 142 cm³/mol. The maximum atomic E-state index is 3.61. The zero-order chi connectivity index (χ0) is 23.4. The molecule has 2 atom stereocenters. The average molecular weight is 435 g/mol. The first-order valence-electron chi connectivity index (χ1n) is 11.8. The summed E-state index contributed by atoms with van der Waals surface area (Å²) in [7, 11) is 0. The fourth-order valence-corrected chi connectivity index (χ4v) is 4.56. The van der Waals surface area contributed by atoms with Gasteiger partial charge in [-0.3, -0.25) is 0 Å². The van der Waals surface area contributed by atoms with Crippen molar-refractivity contribution in [3.05, 3.63) is 130 Å². The molecule has 0 saturated heterocycles. The summed E-state index contributed by atoms with van der Waals surface area (Å²) < 4.78 is 0. The number of hydrazine groups is 1. The van der Waals surface area contributed by atoms with Gasteiger partial charge in [-0.1, -0.05) is 109 Å². The van der Waals surface area contributed by atoms with Gasteiger partial charge in [-0.2, -0.15) is 0 Å². The van der Waals surface area contributed by atoms with Gasteiger partial charge in [0, 0.05) is 11.8 Å². The van der Waals surface area contributed by atoms with Gasteiger partial charge in [-0.15, -0.1) is 0 Å². The minimum Gasteiger partial charge on any atom is -0.301 e. The fourth-order valence-electron chi connectivity index (χ4n) is 4.56. The second-order valence-corrected chi connectivity index (χ2v) is 9.21. The Bertz CT molecular complexity index is 1150. The van der Waals surface area contributed by atoms with Crippen molar-refractivity contribution in [3.8, 4) is 0 Å². The van der Waals surface area contributed by atoms with E-state index in [9.17, 15) is 0 Å². The van der Waals surface area contributed by atoms with Gasteiger partial charge in [0.1, 0.15) is 0 Å². The monoisotopic (exact) mass is 434 g/mol. The number of hydrogen-bond acceptors (Lipinski definition) is 2. The highest BCUT2D eigenvalue weighted by Gasteiger charge is 2.21. The largest absolute Gasteiger partial charge is 0.301 e. The van der Waals surface area contributed by atoms with Crippen molar-refractivity contribution in [2.75, 3.05) is 10.9 Å². The molecule has 0 fully saturated rings. The summed E-state index contributed by atoms with van der Waals surface area (Å²) in [6.07, 6.45) is 0. The molecule has 4 aromatic carbocycles. The standard InChI is InChI=1S/C31H34N2/c1-21-11-9-13-26(17-21)24(4)29-19-23(3)20-30(25(5)27-14-10-12-22(2)18-27)31(29)33-32-28-15-7-6-8-16-28/h6-20,24-25,32-33H,1-5H3/t24-,25-/m1/s1. The van der Waals surface area contributed by atoms with Gasteiger partial charge in [0.05, 0.1) is 11.4 Å². The number of benzene rings is 4. The molecule has 0 bridgehead atoms. The number of aryl methyl sites for hydroxylation is 3. The van der Waals surface area contributed by atoms with Crippen LogP contribution in [0.25, 0.3) is 0 Å². The predicted octanol–water partition coefficient (Wildman–Crippen LogP) is 8.35. The quantitative estimate of drug-likeness (QED) is 0.286. The third-order valence-corrected chi connectivity index (χ3v) is 6.47. The van der Waals surface area contributed by atoms with Crippen molar-refractivity contribution in [1.82, 2.24) is 0 Å². The van der Waals surface area contributed by atoms with Gasteiger partial charge in [0.25, 0.3) is 0 Å². The zero-order valence-corrected chi connectivity index (χ0v) is 20.3. The van der Waals surface area contributed by atoms with E-state index in [1.165, 1.54) is 38.9 Å². The van der Waals surface area contributed by atoms with Crippen LogP contribution in [-0.2, 0) is 0 Å². The Balaban J connectivity index is 1.82. The first kappa shape index (κ1) is 22.7. The van der Waals surface area contributed by atoms with Gasteiger partial charge >= 0.3 is 0 Å². The van der Waals surface area contributed by atoms with Crippen molar-refractivity contribution in [2.24, 2.45) is 0 Å². The summed E-state index contributed by atoms with van der Waals surface area (Å²) >= 11 is 0. The number of rotatable bonds is 7. The molecule has 0 unspecified atom stereocenters. The van der Waals surface area contributed by atoms with Crippen molar-refractivity contribution >= 4 is 11.4 Å². The molecule has 2 N–H and O–H groups in total. The molecule has 33 heavy (non-hydrogen) atoms. The van der Waals surface area contributed by atoms with Crippen LogP contribution in [0.4, 0.5) is 11.4 Å². The smallest absolute Gasteiger partial charge is 0.0616 e. The van der Waals surface area contributed by atoms with Crippen LogP contribution in [0.2, 0.25) is 0 Å². The van der Waals surface area contributed by atoms with E-state index >= 15 is 0 Å². The van der Waals surface area contributed by atoms with Gasteiger partial charge in [-0.05, 0) is 55.2 Å². The molecule has 0 amide bonds. The van der Waals surface area contributed by atoms with E-state index in [0.29, 0.717) is 0 Å². The lowest BCUT2D eigenvalue weighted by atomic mass is 9.83. The number of anilines is 2. The summed E-state index contributed by atoms with van der Waals surface area (Å²) in [6.45, 7) is 11.1. The van der Waals surface area contributed by atoms with Crippen LogP contribution >= 0.6 is 0 Å². The molecule has 2 heteroatoms. The maximum Gasteiger partial charge on any atom is 0.0616 e. The van der Waals surface area contributed by atoms with Crippen molar-refractivity contribution in [3.63, 3.8) is 0 Å². The Kier molecular flexibility index (Phi) is 6.84. The molecule has 0 aromatic heterocycles. The topological polar surface area (TPSA) is 24.1 Å². The minimum atomic E-state index is 0.258. The molecule has 0 radical (unpaired) electrons. The lowest BCUT2D eigenvalue weighted by Gasteiger charge is -2.26. The molecule has 168 valence electrons. The molecule has 0 aliphatic rings. The molecule has 2 nitrogen and oxygen atoms in total. The number of hydrogen-bond donors (Lipinski definition) is 2. The highest BCUT2D eigenvalue weighted by molar-refractivity contribution is 5.67. The van der Waals surface area contributed by atoms with Crippen molar-refractivity contribution in [1.29, 1.82) is 0 Å². The van der Waals surface area contributed by atoms with Gasteiger partial charge in [-0.25, -0.2) is 0 Å². The van der Waals surface area contributed by atoms with Crippen molar-refractivity contribution < 1.29 is 0 Å². The highest BCUT2D eigenvalue weighted by Crippen LogP contribution is 2.39. The Labute approximate surface area is 198 Å². The molecule has 0 aliphatic heterocycles. The van der Waals surface area contributed by atoms with E-state index in [0.717, 1.165) is 11.4 Å². The fraction of sp³-hybridized carbons (Fsp3) is 0.226. The number of para-hydroxylation sites is 1. The van der Waals surface area contributed by atoms with Gasteiger partial charge in [0.15, 0.2) is 0 Å². The summed E-state index contributed by atoms with van der Waals surface area (Å²) in [6, 6.07) is 32.6.